The lowest BCUT2D eigenvalue weighted by Crippen LogP contribution is -2.45. The van der Waals surface area contributed by atoms with Crippen LogP contribution in [0, 0.1) is 6.92 Å². The third-order valence-corrected chi connectivity index (χ3v) is 5.82. The average Bonchev–Trinajstić information content (AvgIpc) is 2.88. The largest absolute Gasteiger partial charge is 0.497 e. The standard InChI is InChI=1S/C28H28N2O5/c1-4-34-27(31)24-25(19-9-13-22(33-3)14-10-19)29-28(32)30-26(24)20-11-15-23(16-12-20)35-17-21-8-6-5-7-18(21)2/h5-16,26H,4,17H2,1-3H3,(H2,29,30,32). The number of methoxy groups -OCH3 is 1. The Bertz CT molecular complexity index is 1230. The summed E-state index contributed by atoms with van der Waals surface area (Å²) in [6, 6.07) is 21.4. The zero-order valence-electron chi connectivity index (χ0n) is 20.0. The van der Waals surface area contributed by atoms with E-state index in [0.29, 0.717) is 34.9 Å². The maximum absolute atomic E-state index is 13.0. The first-order valence-electron chi connectivity index (χ1n) is 11.4. The Balaban J connectivity index is 1.64. The lowest BCUT2D eigenvalue weighted by molar-refractivity contribution is -0.138. The van der Waals surface area contributed by atoms with Crippen molar-refractivity contribution < 1.29 is 23.8 Å². The number of carbonyl (C=O) groups excluding carboxylic acids is 2. The van der Waals surface area contributed by atoms with Gasteiger partial charge in [0.1, 0.15) is 18.1 Å². The molecule has 0 spiro atoms. The van der Waals surface area contributed by atoms with Gasteiger partial charge in [0.2, 0.25) is 0 Å². The predicted octanol–water partition coefficient (Wildman–Crippen LogP) is 4.91. The predicted molar refractivity (Wildman–Crippen MR) is 133 cm³/mol. The molecule has 0 bridgehead atoms. The molecular formula is C28H28N2O5. The number of carbonyl (C=O) groups is 2. The molecule has 1 unspecified atom stereocenters. The Morgan fingerprint density at radius 3 is 2.29 bits per heavy atom. The fourth-order valence-corrected chi connectivity index (χ4v) is 3.92. The van der Waals surface area contributed by atoms with Crippen LogP contribution < -0.4 is 20.1 Å². The van der Waals surface area contributed by atoms with E-state index in [2.05, 4.69) is 10.6 Å². The van der Waals surface area contributed by atoms with Crippen molar-refractivity contribution in [2.75, 3.05) is 13.7 Å². The van der Waals surface area contributed by atoms with Gasteiger partial charge in [-0.2, -0.15) is 0 Å². The number of hydrogen-bond donors (Lipinski definition) is 2. The number of esters is 1. The fraction of sp³-hybridized carbons (Fsp3) is 0.214. The molecule has 0 aromatic heterocycles. The maximum Gasteiger partial charge on any atom is 0.338 e. The third-order valence-electron chi connectivity index (χ3n) is 5.82. The van der Waals surface area contributed by atoms with Crippen LogP contribution >= 0.6 is 0 Å². The molecule has 2 N–H and O–H groups in total. The highest BCUT2D eigenvalue weighted by Crippen LogP contribution is 2.33. The van der Waals surface area contributed by atoms with Crippen molar-refractivity contribution in [2.24, 2.45) is 0 Å². The first-order valence-corrected chi connectivity index (χ1v) is 11.4. The molecule has 180 valence electrons. The lowest BCUT2D eigenvalue weighted by Gasteiger charge is -2.29. The number of urea groups is 1. The minimum absolute atomic E-state index is 0.213. The summed E-state index contributed by atoms with van der Waals surface area (Å²) in [5.74, 6) is 0.857. The Hall–Kier alpha value is -4.26. The van der Waals surface area contributed by atoms with Crippen LogP contribution in [0.1, 0.15) is 35.2 Å². The molecule has 1 aliphatic heterocycles. The lowest BCUT2D eigenvalue weighted by atomic mass is 9.92. The van der Waals surface area contributed by atoms with Crippen molar-refractivity contribution in [1.29, 1.82) is 0 Å². The Kier molecular flexibility index (Phi) is 7.35. The Morgan fingerprint density at radius 2 is 1.63 bits per heavy atom. The summed E-state index contributed by atoms with van der Waals surface area (Å²) >= 11 is 0. The van der Waals surface area contributed by atoms with Gasteiger partial charge in [-0.15, -0.1) is 0 Å². The van der Waals surface area contributed by atoms with Gasteiger partial charge in [-0.3, -0.25) is 0 Å². The molecule has 1 atom stereocenters. The molecule has 4 rings (SSSR count). The van der Waals surface area contributed by atoms with E-state index in [1.807, 2.05) is 55.5 Å². The number of amides is 2. The van der Waals surface area contributed by atoms with Crippen LogP contribution in [0.25, 0.3) is 5.70 Å². The molecule has 7 heteroatoms. The summed E-state index contributed by atoms with van der Waals surface area (Å²) in [5, 5.41) is 5.63. The minimum Gasteiger partial charge on any atom is -0.497 e. The monoisotopic (exact) mass is 472 g/mol. The molecular weight excluding hydrogens is 444 g/mol. The second-order valence-electron chi connectivity index (χ2n) is 8.05. The van der Waals surface area contributed by atoms with Gasteiger partial charge in [0.25, 0.3) is 0 Å². The highest BCUT2D eigenvalue weighted by molar-refractivity contribution is 6.04. The molecule has 1 aliphatic rings. The van der Waals surface area contributed by atoms with Crippen molar-refractivity contribution in [1.82, 2.24) is 10.6 Å². The van der Waals surface area contributed by atoms with Crippen LogP contribution in [-0.2, 0) is 16.1 Å². The summed E-state index contributed by atoms with van der Waals surface area (Å²) in [4.78, 5) is 25.6. The minimum atomic E-state index is -0.690. The van der Waals surface area contributed by atoms with Gasteiger partial charge in [0.05, 0.1) is 31.0 Å². The number of nitrogens with one attached hydrogen (secondary N) is 2. The smallest absolute Gasteiger partial charge is 0.338 e. The van der Waals surface area contributed by atoms with E-state index in [1.165, 1.54) is 0 Å². The van der Waals surface area contributed by atoms with Crippen molar-refractivity contribution in [2.45, 2.75) is 26.5 Å². The van der Waals surface area contributed by atoms with Gasteiger partial charge in [0, 0.05) is 0 Å². The SMILES string of the molecule is CCOC(=O)C1=C(c2ccc(OC)cc2)NC(=O)NC1c1ccc(OCc2ccccc2C)cc1. The number of aryl methyl sites for hydroxylation is 1. The number of rotatable bonds is 8. The molecule has 2 amide bonds. The summed E-state index contributed by atoms with van der Waals surface area (Å²) in [6.07, 6.45) is 0. The van der Waals surface area contributed by atoms with Crippen LogP contribution in [0.5, 0.6) is 11.5 Å². The Labute approximate surface area is 204 Å². The van der Waals surface area contributed by atoms with E-state index >= 15 is 0 Å². The molecule has 3 aromatic rings. The van der Waals surface area contributed by atoms with Crippen LogP contribution in [0.15, 0.2) is 78.4 Å². The van der Waals surface area contributed by atoms with Gasteiger partial charge < -0.3 is 24.8 Å². The average molecular weight is 473 g/mol. The van der Waals surface area contributed by atoms with E-state index in [0.717, 1.165) is 16.7 Å². The third kappa shape index (κ3) is 5.46. The van der Waals surface area contributed by atoms with E-state index < -0.39 is 18.0 Å². The zero-order chi connectivity index (χ0) is 24.8. The van der Waals surface area contributed by atoms with Gasteiger partial charge in [0.15, 0.2) is 0 Å². The normalized spacial score (nSPS) is 15.2. The summed E-state index contributed by atoms with van der Waals surface area (Å²) < 4.78 is 16.5. The molecule has 0 saturated carbocycles. The van der Waals surface area contributed by atoms with Gasteiger partial charge >= 0.3 is 12.0 Å². The van der Waals surface area contributed by atoms with Gasteiger partial charge in [-0.1, -0.05) is 36.4 Å². The summed E-state index contributed by atoms with van der Waals surface area (Å²) in [7, 11) is 1.58. The molecule has 0 radical (unpaired) electrons. The van der Waals surface area contributed by atoms with E-state index in [-0.39, 0.29) is 6.61 Å². The molecule has 0 fully saturated rings. The van der Waals surface area contributed by atoms with Crippen molar-refractivity contribution >= 4 is 17.7 Å². The first-order chi connectivity index (χ1) is 17.0. The van der Waals surface area contributed by atoms with Crippen LogP contribution in [0.4, 0.5) is 4.79 Å². The molecule has 0 saturated heterocycles. The topological polar surface area (TPSA) is 85.9 Å². The van der Waals surface area contributed by atoms with E-state index in [1.54, 1.807) is 38.3 Å². The van der Waals surface area contributed by atoms with Crippen LogP contribution in [0.3, 0.4) is 0 Å². The highest BCUT2D eigenvalue weighted by atomic mass is 16.5. The first kappa shape index (κ1) is 23.9. The van der Waals surface area contributed by atoms with Gasteiger partial charge in [-0.25, -0.2) is 9.59 Å². The van der Waals surface area contributed by atoms with Crippen LogP contribution in [0.2, 0.25) is 0 Å². The van der Waals surface area contributed by atoms with Crippen molar-refractivity contribution in [3.05, 3.63) is 101 Å². The number of hydrogen-bond acceptors (Lipinski definition) is 5. The van der Waals surface area contributed by atoms with E-state index in [4.69, 9.17) is 14.2 Å². The fourth-order valence-electron chi connectivity index (χ4n) is 3.92. The van der Waals surface area contributed by atoms with Crippen molar-refractivity contribution in [3.63, 3.8) is 0 Å². The molecule has 0 aliphatic carbocycles. The van der Waals surface area contributed by atoms with Gasteiger partial charge in [-0.05, 0) is 72.5 Å². The molecule has 1 heterocycles. The molecule has 7 nitrogen and oxygen atoms in total. The zero-order valence-corrected chi connectivity index (χ0v) is 20.0. The summed E-state index contributed by atoms with van der Waals surface area (Å²) in [5.41, 5.74) is 4.41. The van der Waals surface area contributed by atoms with Crippen LogP contribution in [-0.4, -0.2) is 25.7 Å². The molecule has 35 heavy (non-hydrogen) atoms. The summed E-state index contributed by atoms with van der Waals surface area (Å²) in [6.45, 7) is 4.46. The number of ether oxygens (including phenoxy) is 3. The second kappa shape index (κ2) is 10.8. The van der Waals surface area contributed by atoms with E-state index in [9.17, 15) is 9.59 Å². The second-order valence-corrected chi connectivity index (χ2v) is 8.05. The highest BCUT2D eigenvalue weighted by Gasteiger charge is 2.34. The number of benzene rings is 3. The Morgan fingerprint density at radius 1 is 0.943 bits per heavy atom. The van der Waals surface area contributed by atoms with Crippen molar-refractivity contribution in [3.8, 4) is 11.5 Å². The maximum atomic E-state index is 13.0. The molecule has 3 aromatic carbocycles. The quantitative estimate of drug-likeness (QED) is 0.455.